The number of nitriles is 1. The summed E-state index contributed by atoms with van der Waals surface area (Å²) < 4.78 is 6.88. The molecule has 3 heterocycles. The number of hydrogen-bond acceptors (Lipinski definition) is 8. The molecule has 2 aromatic heterocycles. The van der Waals surface area contributed by atoms with E-state index in [0.717, 1.165) is 37.9 Å². The first-order chi connectivity index (χ1) is 18.1. The predicted molar refractivity (Wildman–Crippen MR) is 141 cm³/mol. The summed E-state index contributed by atoms with van der Waals surface area (Å²) in [5.41, 5.74) is 5.74. The molecule has 1 aromatic carbocycles. The van der Waals surface area contributed by atoms with Gasteiger partial charge in [-0.3, -0.25) is 20.0 Å². The van der Waals surface area contributed by atoms with Gasteiger partial charge in [0, 0.05) is 13.1 Å². The maximum absolute atomic E-state index is 13.3. The molecule has 11 heteroatoms. The van der Waals surface area contributed by atoms with Crippen LogP contribution in [-0.2, 0) is 5.41 Å². The second-order valence-corrected chi connectivity index (χ2v) is 10.3. The van der Waals surface area contributed by atoms with Crippen molar-refractivity contribution in [1.82, 2.24) is 30.4 Å². The van der Waals surface area contributed by atoms with Crippen molar-refractivity contribution in [2.75, 3.05) is 25.5 Å². The number of amides is 2. The Kier molecular flexibility index (Phi) is 7.73. The number of hydrogen-bond donors (Lipinski definition) is 2. The number of aryl methyl sites for hydroxylation is 1. The molecule has 3 aromatic rings. The molecule has 4 rings (SSSR count). The van der Waals surface area contributed by atoms with E-state index in [-0.39, 0.29) is 33.9 Å². The molecule has 1 aliphatic rings. The quantitative estimate of drug-likeness (QED) is 0.507. The van der Waals surface area contributed by atoms with Crippen LogP contribution in [0.5, 0.6) is 5.75 Å². The van der Waals surface area contributed by atoms with E-state index in [0.29, 0.717) is 17.1 Å². The number of carbonyl (C=O) groups is 2. The molecule has 0 bridgehead atoms. The molecule has 0 aliphatic carbocycles. The number of anilines is 1. The number of hydrazine groups is 1. The topological polar surface area (TPSA) is 138 Å². The molecular weight excluding hydrogens is 484 g/mol. The molecule has 0 atom stereocenters. The largest absolute Gasteiger partial charge is 0.495 e. The number of nitrogens with zero attached hydrogens (tertiary/aromatic N) is 6. The van der Waals surface area contributed by atoms with Crippen molar-refractivity contribution >= 4 is 17.5 Å². The standard InChI is InChI=1S/C27H32N8O3/c1-17-23(35-16-22(31-33-35)26(37)32-34-9-7-6-8-10-34)13-20(15-29-17)30-25(36)21-12-19(27(2,3)4)11-18(14-28)24(21)38-5/h11-13,15-16H,6-10H2,1-5H3,(H,30,36)(H,32,37). The molecule has 0 spiro atoms. The van der Waals surface area contributed by atoms with Gasteiger partial charge in [0.1, 0.15) is 11.8 Å². The lowest BCUT2D eigenvalue weighted by Gasteiger charge is -2.26. The molecule has 2 amide bonds. The molecule has 1 aliphatic heterocycles. The fraction of sp³-hybridized carbons (Fsp3) is 0.407. The number of rotatable bonds is 6. The van der Waals surface area contributed by atoms with Gasteiger partial charge in [-0.15, -0.1) is 5.10 Å². The third-order valence-electron chi connectivity index (χ3n) is 6.43. The van der Waals surface area contributed by atoms with Gasteiger partial charge in [-0.2, -0.15) is 5.26 Å². The van der Waals surface area contributed by atoms with Crippen molar-refractivity contribution in [2.45, 2.75) is 52.4 Å². The van der Waals surface area contributed by atoms with Crippen LogP contribution in [0.2, 0.25) is 0 Å². The lowest BCUT2D eigenvalue weighted by molar-refractivity contribution is 0.0744. The zero-order chi connectivity index (χ0) is 27.4. The second-order valence-electron chi connectivity index (χ2n) is 10.3. The smallest absolute Gasteiger partial charge is 0.287 e. The third kappa shape index (κ3) is 5.81. The van der Waals surface area contributed by atoms with Crippen LogP contribution in [0.15, 0.2) is 30.6 Å². The van der Waals surface area contributed by atoms with Crippen molar-refractivity contribution in [1.29, 1.82) is 5.26 Å². The van der Waals surface area contributed by atoms with E-state index in [1.807, 2.05) is 25.8 Å². The second kappa shape index (κ2) is 11.0. The van der Waals surface area contributed by atoms with Crippen LogP contribution in [0.1, 0.15) is 77.7 Å². The summed E-state index contributed by atoms with van der Waals surface area (Å²) in [6.45, 7) is 9.44. The van der Waals surface area contributed by atoms with Crippen molar-refractivity contribution in [2.24, 2.45) is 0 Å². The Bertz CT molecular complexity index is 1390. The van der Waals surface area contributed by atoms with E-state index in [2.05, 4.69) is 32.1 Å². The van der Waals surface area contributed by atoms with Crippen molar-refractivity contribution in [3.05, 3.63) is 58.7 Å². The lowest BCUT2D eigenvalue weighted by atomic mass is 9.84. The molecule has 38 heavy (non-hydrogen) atoms. The van der Waals surface area contributed by atoms with E-state index < -0.39 is 5.91 Å². The fourth-order valence-electron chi connectivity index (χ4n) is 4.25. The normalized spacial score (nSPS) is 14.0. The molecule has 11 nitrogen and oxygen atoms in total. The molecule has 1 saturated heterocycles. The zero-order valence-corrected chi connectivity index (χ0v) is 22.3. The first-order valence-electron chi connectivity index (χ1n) is 12.5. The molecular formula is C27H32N8O3. The highest BCUT2D eigenvalue weighted by molar-refractivity contribution is 6.07. The van der Waals surface area contributed by atoms with Gasteiger partial charge in [-0.25, -0.2) is 9.69 Å². The summed E-state index contributed by atoms with van der Waals surface area (Å²) in [6, 6.07) is 7.30. The summed E-state index contributed by atoms with van der Waals surface area (Å²) in [5.74, 6) is -0.562. The Hall–Kier alpha value is -4.30. The SMILES string of the molecule is COc1c(C#N)cc(C(C)(C)C)cc1C(=O)Nc1cnc(C)c(-n2cc(C(=O)NN3CCCCC3)nn2)c1. The number of aromatic nitrogens is 4. The van der Waals surface area contributed by atoms with Crippen molar-refractivity contribution in [3.63, 3.8) is 0 Å². The van der Waals surface area contributed by atoms with Crippen LogP contribution in [0, 0.1) is 18.3 Å². The average Bonchev–Trinajstić information content (AvgIpc) is 3.39. The third-order valence-corrected chi connectivity index (χ3v) is 6.43. The minimum atomic E-state index is -0.443. The number of pyridine rings is 1. The van der Waals surface area contributed by atoms with Gasteiger partial charge in [0.2, 0.25) is 0 Å². The molecule has 2 N–H and O–H groups in total. The fourth-order valence-corrected chi connectivity index (χ4v) is 4.25. The maximum atomic E-state index is 13.3. The number of benzene rings is 1. The Morgan fingerprint density at radius 3 is 2.50 bits per heavy atom. The van der Waals surface area contributed by atoms with Crippen LogP contribution < -0.4 is 15.5 Å². The number of piperidine rings is 1. The van der Waals surface area contributed by atoms with E-state index in [4.69, 9.17) is 4.74 Å². The van der Waals surface area contributed by atoms with Crippen LogP contribution in [-0.4, -0.2) is 57.0 Å². The van der Waals surface area contributed by atoms with Crippen LogP contribution in [0.3, 0.4) is 0 Å². The van der Waals surface area contributed by atoms with Gasteiger partial charge in [0.05, 0.1) is 47.7 Å². The predicted octanol–water partition coefficient (Wildman–Crippen LogP) is 3.53. The molecule has 0 unspecified atom stereocenters. The number of ether oxygens (including phenoxy) is 1. The summed E-state index contributed by atoms with van der Waals surface area (Å²) in [5, 5.41) is 22.5. The van der Waals surface area contributed by atoms with Crippen LogP contribution >= 0.6 is 0 Å². The Balaban J connectivity index is 1.58. The van der Waals surface area contributed by atoms with Crippen LogP contribution in [0.4, 0.5) is 5.69 Å². The minimum Gasteiger partial charge on any atom is -0.495 e. The van der Waals surface area contributed by atoms with Gasteiger partial charge in [-0.05, 0) is 48.9 Å². The number of carbonyl (C=O) groups excluding carboxylic acids is 2. The van der Waals surface area contributed by atoms with Crippen molar-refractivity contribution < 1.29 is 14.3 Å². The Labute approximate surface area is 221 Å². The highest BCUT2D eigenvalue weighted by atomic mass is 16.5. The highest BCUT2D eigenvalue weighted by Crippen LogP contribution is 2.32. The van der Waals surface area contributed by atoms with Gasteiger partial charge in [-0.1, -0.05) is 32.4 Å². The van der Waals surface area contributed by atoms with E-state index in [1.54, 1.807) is 25.1 Å². The van der Waals surface area contributed by atoms with E-state index >= 15 is 0 Å². The monoisotopic (exact) mass is 516 g/mol. The highest BCUT2D eigenvalue weighted by Gasteiger charge is 2.24. The minimum absolute atomic E-state index is 0.178. The molecule has 0 radical (unpaired) electrons. The van der Waals surface area contributed by atoms with Gasteiger partial charge < -0.3 is 10.1 Å². The first kappa shape index (κ1) is 26.8. The summed E-state index contributed by atoms with van der Waals surface area (Å²) in [7, 11) is 1.43. The van der Waals surface area contributed by atoms with Gasteiger partial charge >= 0.3 is 0 Å². The maximum Gasteiger partial charge on any atom is 0.287 e. The summed E-state index contributed by atoms with van der Waals surface area (Å²) in [4.78, 5) is 30.4. The first-order valence-corrected chi connectivity index (χ1v) is 12.5. The van der Waals surface area contributed by atoms with Crippen molar-refractivity contribution in [3.8, 4) is 17.5 Å². The molecule has 198 valence electrons. The molecule has 1 fully saturated rings. The zero-order valence-electron chi connectivity index (χ0n) is 22.3. The number of methoxy groups -OCH3 is 1. The lowest BCUT2D eigenvalue weighted by Crippen LogP contribution is -2.45. The Morgan fingerprint density at radius 1 is 1.11 bits per heavy atom. The average molecular weight is 517 g/mol. The van der Waals surface area contributed by atoms with E-state index in [9.17, 15) is 14.9 Å². The Morgan fingerprint density at radius 2 is 1.84 bits per heavy atom. The van der Waals surface area contributed by atoms with Crippen LogP contribution in [0.25, 0.3) is 5.69 Å². The summed E-state index contributed by atoms with van der Waals surface area (Å²) >= 11 is 0. The number of nitrogens with one attached hydrogen (secondary N) is 2. The summed E-state index contributed by atoms with van der Waals surface area (Å²) in [6.07, 6.45) is 6.31. The van der Waals surface area contributed by atoms with E-state index in [1.165, 1.54) is 24.2 Å². The van der Waals surface area contributed by atoms with Gasteiger partial charge in [0.15, 0.2) is 5.69 Å². The molecule has 0 saturated carbocycles. The van der Waals surface area contributed by atoms with Gasteiger partial charge in [0.25, 0.3) is 11.8 Å².